The highest BCUT2D eigenvalue weighted by Crippen LogP contribution is 2.35. The summed E-state index contributed by atoms with van der Waals surface area (Å²) >= 11 is 3.52. The van der Waals surface area contributed by atoms with Crippen molar-refractivity contribution < 1.29 is 0 Å². The van der Waals surface area contributed by atoms with Crippen molar-refractivity contribution in [3.05, 3.63) is 53.0 Å². The molecule has 0 aliphatic heterocycles. The Morgan fingerprint density at radius 1 is 1.24 bits per heavy atom. The van der Waals surface area contributed by atoms with Gasteiger partial charge in [0.05, 0.1) is 4.88 Å². The van der Waals surface area contributed by atoms with Crippen molar-refractivity contribution in [2.45, 2.75) is 45.3 Å². The molecular weight excluding hydrogens is 346 g/mol. The zero-order valence-electron chi connectivity index (χ0n) is 15.1. The molecule has 1 aliphatic rings. The highest BCUT2D eigenvalue weighted by molar-refractivity contribution is 7.99. The molecule has 0 aromatic carbocycles. The van der Waals surface area contributed by atoms with E-state index in [1.54, 1.807) is 23.1 Å². The quantitative estimate of drug-likeness (QED) is 0.422. The monoisotopic (exact) mass is 371 g/mol. The Labute approximate surface area is 158 Å². The molecule has 0 unspecified atom stereocenters. The minimum atomic E-state index is 0.803. The third-order valence-electron chi connectivity index (χ3n) is 3.95. The molecule has 0 N–H and O–H groups in total. The summed E-state index contributed by atoms with van der Waals surface area (Å²) in [4.78, 5) is 1.21. The molecule has 2 aromatic rings. The summed E-state index contributed by atoms with van der Waals surface area (Å²) in [7, 11) is 0. The Hall–Kier alpha value is -1.59. The number of hydrogen-bond donors (Lipinski definition) is 0. The van der Waals surface area contributed by atoms with Crippen LogP contribution in [0.1, 0.15) is 33.6 Å². The first-order valence-corrected chi connectivity index (χ1v) is 10.6. The van der Waals surface area contributed by atoms with Gasteiger partial charge in [-0.3, -0.25) is 0 Å². The van der Waals surface area contributed by atoms with Gasteiger partial charge in [-0.05, 0) is 51.0 Å². The van der Waals surface area contributed by atoms with Crippen molar-refractivity contribution in [1.29, 1.82) is 0 Å². The molecule has 3 rings (SSSR count). The average Bonchev–Trinajstić information content (AvgIpc) is 3.08. The van der Waals surface area contributed by atoms with Crippen LogP contribution in [0.2, 0.25) is 0 Å². The minimum Gasteiger partial charge on any atom is -0.301 e. The maximum absolute atomic E-state index is 4.47. The maximum Gasteiger partial charge on any atom is 0.191 e. The van der Waals surface area contributed by atoms with E-state index in [1.807, 2.05) is 0 Å². The second-order valence-corrected chi connectivity index (χ2v) is 8.66. The van der Waals surface area contributed by atoms with Gasteiger partial charge in [-0.1, -0.05) is 53.3 Å². The van der Waals surface area contributed by atoms with Crippen LogP contribution in [0.3, 0.4) is 0 Å². The van der Waals surface area contributed by atoms with Crippen molar-refractivity contribution >= 4 is 23.1 Å². The molecule has 25 heavy (non-hydrogen) atoms. The predicted octanol–water partition coefficient (Wildman–Crippen LogP) is 5.98. The fourth-order valence-electron chi connectivity index (χ4n) is 2.40. The molecule has 1 fully saturated rings. The first kappa shape index (κ1) is 18.2. The fourth-order valence-corrected chi connectivity index (χ4v) is 3.99. The Morgan fingerprint density at radius 2 is 2.04 bits per heavy atom. The van der Waals surface area contributed by atoms with Gasteiger partial charge in [0, 0.05) is 12.3 Å². The maximum atomic E-state index is 4.47. The Kier molecular flexibility index (Phi) is 6.32. The van der Waals surface area contributed by atoms with E-state index in [4.69, 9.17) is 0 Å². The molecule has 2 heterocycles. The van der Waals surface area contributed by atoms with Gasteiger partial charge in [-0.2, -0.15) is 0 Å². The smallest absolute Gasteiger partial charge is 0.191 e. The number of allylic oxidation sites excluding steroid dienone is 5. The van der Waals surface area contributed by atoms with E-state index in [0.717, 1.165) is 29.2 Å². The number of nitrogens with zero attached hydrogens (tertiary/aromatic N) is 3. The first-order valence-electron chi connectivity index (χ1n) is 8.70. The topological polar surface area (TPSA) is 30.7 Å². The minimum absolute atomic E-state index is 0.803. The van der Waals surface area contributed by atoms with Crippen LogP contribution in [0.25, 0.3) is 10.7 Å². The molecule has 0 saturated heterocycles. The highest BCUT2D eigenvalue weighted by Gasteiger charge is 2.25. The van der Waals surface area contributed by atoms with Crippen LogP contribution < -0.4 is 0 Å². The van der Waals surface area contributed by atoms with E-state index >= 15 is 0 Å². The Bertz CT molecular complexity index is 774. The van der Waals surface area contributed by atoms with E-state index in [-0.39, 0.29) is 0 Å². The molecule has 2 aromatic heterocycles. The third kappa shape index (κ3) is 5.44. The molecule has 1 saturated carbocycles. The van der Waals surface area contributed by atoms with Crippen LogP contribution in [0, 0.1) is 5.92 Å². The SMILES string of the molecule is CC(C)=C/C=C\C=C(/C)CSc1nnc(-c2cccs2)n1CC1CC1. The van der Waals surface area contributed by atoms with E-state index in [2.05, 4.69) is 77.4 Å². The van der Waals surface area contributed by atoms with Gasteiger partial charge in [-0.15, -0.1) is 21.5 Å². The van der Waals surface area contributed by atoms with E-state index < -0.39 is 0 Å². The average molecular weight is 372 g/mol. The number of thiophene rings is 1. The Balaban J connectivity index is 1.68. The third-order valence-corrected chi connectivity index (χ3v) is 5.97. The van der Waals surface area contributed by atoms with Crippen molar-refractivity contribution in [3.63, 3.8) is 0 Å². The number of hydrogen-bond acceptors (Lipinski definition) is 4. The second-order valence-electron chi connectivity index (χ2n) is 6.77. The lowest BCUT2D eigenvalue weighted by molar-refractivity contribution is 0.585. The summed E-state index contributed by atoms with van der Waals surface area (Å²) in [6.07, 6.45) is 11.2. The molecule has 3 nitrogen and oxygen atoms in total. The normalized spacial score (nSPS) is 15.1. The molecule has 0 spiro atoms. The van der Waals surface area contributed by atoms with Crippen LogP contribution in [-0.4, -0.2) is 20.5 Å². The van der Waals surface area contributed by atoms with Gasteiger partial charge in [0.25, 0.3) is 0 Å². The lowest BCUT2D eigenvalue weighted by Gasteiger charge is -2.08. The first-order chi connectivity index (χ1) is 12.1. The molecular formula is C20H25N3S2. The van der Waals surface area contributed by atoms with Crippen LogP contribution in [-0.2, 0) is 6.54 Å². The van der Waals surface area contributed by atoms with Crippen molar-refractivity contribution in [1.82, 2.24) is 14.8 Å². The molecule has 5 heteroatoms. The summed E-state index contributed by atoms with van der Waals surface area (Å²) in [5.41, 5.74) is 2.65. The molecule has 0 radical (unpaired) electrons. The molecule has 0 amide bonds. The van der Waals surface area contributed by atoms with Crippen LogP contribution >= 0.6 is 23.1 Å². The lowest BCUT2D eigenvalue weighted by Crippen LogP contribution is -2.04. The highest BCUT2D eigenvalue weighted by atomic mass is 32.2. The Morgan fingerprint density at radius 3 is 2.72 bits per heavy atom. The van der Waals surface area contributed by atoms with E-state index in [9.17, 15) is 0 Å². The summed E-state index contributed by atoms with van der Waals surface area (Å²) < 4.78 is 2.32. The van der Waals surface area contributed by atoms with Crippen LogP contribution in [0.15, 0.2) is 58.1 Å². The van der Waals surface area contributed by atoms with Gasteiger partial charge < -0.3 is 4.57 Å². The van der Waals surface area contributed by atoms with Crippen molar-refractivity contribution in [2.75, 3.05) is 5.75 Å². The summed E-state index contributed by atoms with van der Waals surface area (Å²) in [5, 5.41) is 12.1. The van der Waals surface area contributed by atoms with Gasteiger partial charge in [0.1, 0.15) is 0 Å². The van der Waals surface area contributed by atoms with Crippen molar-refractivity contribution in [2.24, 2.45) is 5.92 Å². The van der Waals surface area contributed by atoms with Gasteiger partial charge in [-0.25, -0.2) is 0 Å². The predicted molar refractivity (Wildman–Crippen MR) is 109 cm³/mol. The van der Waals surface area contributed by atoms with E-state index in [0.29, 0.717) is 0 Å². The van der Waals surface area contributed by atoms with Gasteiger partial charge in [0.2, 0.25) is 0 Å². The largest absolute Gasteiger partial charge is 0.301 e. The summed E-state index contributed by atoms with van der Waals surface area (Å²) in [6.45, 7) is 7.43. The zero-order chi connectivity index (χ0) is 17.6. The summed E-state index contributed by atoms with van der Waals surface area (Å²) in [5.74, 6) is 2.76. The van der Waals surface area contributed by atoms with Crippen LogP contribution in [0.5, 0.6) is 0 Å². The van der Waals surface area contributed by atoms with E-state index in [1.165, 1.54) is 28.9 Å². The molecule has 0 atom stereocenters. The molecule has 0 bridgehead atoms. The zero-order valence-corrected chi connectivity index (χ0v) is 16.7. The van der Waals surface area contributed by atoms with Crippen molar-refractivity contribution in [3.8, 4) is 10.7 Å². The number of aromatic nitrogens is 3. The number of rotatable bonds is 8. The fraction of sp³-hybridized carbons (Fsp3) is 0.400. The molecule has 132 valence electrons. The standard InChI is InChI=1S/C20H25N3S2/c1-15(2)7-4-5-8-16(3)14-25-20-22-21-19(18-9-6-12-24-18)23(20)13-17-10-11-17/h4-9,12,17H,10-11,13-14H2,1-3H3/b5-4-,16-8+. The summed E-state index contributed by atoms with van der Waals surface area (Å²) in [6, 6.07) is 4.21. The van der Waals surface area contributed by atoms with Gasteiger partial charge in [0.15, 0.2) is 11.0 Å². The van der Waals surface area contributed by atoms with Crippen LogP contribution in [0.4, 0.5) is 0 Å². The van der Waals surface area contributed by atoms with Gasteiger partial charge >= 0.3 is 0 Å². The lowest BCUT2D eigenvalue weighted by atomic mass is 10.3. The second kappa shape index (κ2) is 8.68. The molecule has 1 aliphatic carbocycles. The number of thioether (sulfide) groups is 1.